The van der Waals surface area contributed by atoms with Gasteiger partial charge in [-0.2, -0.15) is 0 Å². The molecule has 1 aromatic carbocycles. The number of carbonyl (C=O) groups excluding carboxylic acids is 1. The topological polar surface area (TPSA) is 55.6 Å². The lowest BCUT2D eigenvalue weighted by Crippen LogP contribution is -2.40. The molecule has 1 aromatic rings. The Labute approximate surface area is 114 Å². The van der Waals surface area contributed by atoms with Gasteiger partial charge in [-0.1, -0.05) is 25.1 Å². The molecule has 0 aromatic heterocycles. The molecule has 0 fully saturated rings. The van der Waals surface area contributed by atoms with Crippen molar-refractivity contribution >= 4 is 11.7 Å². The first-order valence-electron chi connectivity index (χ1n) is 6.78. The SMILES string of the molecule is COC(=O)C(N)CCN1CC(C)Cc2ccccc21. The first-order chi connectivity index (χ1) is 9.11. The average molecular weight is 262 g/mol. The summed E-state index contributed by atoms with van der Waals surface area (Å²) in [5.41, 5.74) is 8.46. The van der Waals surface area contributed by atoms with Gasteiger partial charge in [-0.05, 0) is 30.4 Å². The molecular weight excluding hydrogens is 240 g/mol. The van der Waals surface area contributed by atoms with Crippen molar-refractivity contribution in [3.63, 3.8) is 0 Å². The largest absolute Gasteiger partial charge is 0.468 e. The van der Waals surface area contributed by atoms with E-state index in [1.807, 2.05) is 0 Å². The van der Waals surface area contributed by atoms with E-state index in [0.717, 1.165) is 19.5 Å². The molecule has 19 heavy (non-hydrogen) atoms. The number of benzene rings is 1. The number of hydrogen-bond acceptors (Lipinski definition) is 4. The van der Waals surface area contributed by atoms with Crippen LogP contribution in [0.25, 0.3) is 0 Å². The molecule has 0 aliphatic carbocycles. The van der Waals surface area contributed by atoms with Crippen LogP contribution in [0.2, 0.25) is 0 Å². The maximum atomic E-state index is 11.3. The lowest BCUT2D eigenvalue weighted by molar-refractivity contribution is -0.142. The Morgan fingerprint density at radius 3 is 3.00 bits per heavy atom. The molecule has 0 saturated heterocycles. The lowest BCUT2D eigenvalue weighted by atomic mass is 9.93. The summed E-state index contributed by atoms with van der Waals surface area (Å²) in [7, 11) is 1.38. The van der Waals surface area contributed by atoms with Crippen molar-refractivity contribution in [3.8, 4) is 0 Å². The van der Waals surface area contributed by atoms with Crippen molar-refractivity contribution in [2.75, 3.05) is 25.1 Å². The summed E-state index contributed by atoms with van der Waals surface area (Å²) in [4.78, 5) is 13.7. The molecule has 2 rings (SSSR count). The summed E-state index contributed by atoms with van der Waals surface area (Å²) in [5, 5.41) is 0. The smallest absolute Gasteiger partial charge is 0.322 e. The summed E-state index contributed by atoms with van der Waals surface area (Å²) in [6.07, 6.45) is 1.74. The van der Waals surface area contributed by atoms with E-state index in [-0.39, 0.29) is 5.97 Å². The molecule has 104 valence electrons. The third-order valence-electron chi connectivity index (χ3n) is 3.65. The summed E-state index contributed by atoms with van der Waals surface area (Å²) in [6.45, 7) is 4.06. The van der Waals surface area contributed by atoms with E-state index in [0.29, 0.717) is 12.3 Å². The van der Waals surface area contributed by atoms with Gasteiger partial charge in [0.05, 0.1) is 7.11 Å². The Hall–Kier alpha value is -1.55. The van der Waals surface area contributed by atoms with Crippen molar-refractivity contribution in [2.45, 2.75) is 25.8 Å². The van der Waals surface area contributed by atoms with Gasteiger partial charge < -0.3 is 15.4 Å². The van der Waals surface area contributed by atoms with Crippen LogP contribution in [0.1, 0.15) is 18.9 Å². The second-order valence-corrected chi connectivity index (χ2v) is 5.30. The van der Waals surface area contributed by atoms with Gasteiger partial charge in [0.15, 0.2) is 0 Å². The molecular formula is C15H22N2O2. The fraction of sp³-hybridized carbons (Fsp3) is 0.533. The van der Waals surface area contributed by atoms with Gasteiger partial charge in [0.25, 0.3) is 0 Å². The van der Waals surface area contributed by atoms with Gasteiger partial charge in [0.1, 0.15) is 6.04 Å². The molecule has 1 aliphatic heterocycles. The lowest BCUT2D eigenvalue weighted by Gasteiger charge is -2.35. The van der Waals surface area contributed by atoms with Crippen LogP contribution in [0.15, 0.2) is 24.3 Å². The Kier molecular flexibility index (Phi) is 4.43. The predicted octanol–water partition coefficient (Wildman–Crippen LogP) is 1.58. The first-order valence-corrected chi connectivity index (χ1v) is 6.78. The summed E-state index contributed by atoms with van der Waals surface area (Å²) < 4.78 is 4.66. The number of fused-ring (bicyclic) bond motifs is 1. The Balaban J connectivity index is 2.03. The first kappa shape index (κ1) is 13.9. The third kappa shape index (κ3) is 3.26. The number of nitrogens with zero attached hydrogens (tertiary/aromatic N) is 1. The van der Waals surface area contributed by atoms with Crippen LogP contribution < -0.4 is 10.6 Å². The average Bonchev–Trinajstić information content (AvgIpc) is 2.43. The minimum absolute atomic E-state index is 0.335. The number of para-hydroxylation sites is 1. The van der Waals surface area contributed by atoms with E-state index in [1.54, 1.807) is 0 Å². The third-order valence-corrected chi connectivity index (χ3v) is 3.65. The fourth-order valence-corrected chi connectivity index (χ4v) is 2.68. The van der Waals surface area contributed by atoms with Crippen LogP contribution in [0.4, 0.5) is 5.69 Å². The highest BCUT2D eigenvalue weighted by Crippen LogP contribution is 2.29. The number of rotatable bonds is 4. The van der Waals surface area contributed by atoms with E-state index in [1.165, 1.54) is 18.4 Å². The highest BCUT2D eigenvalue weighted by molar-refractivity contribution is 5.75. The molecule has 0 radical (unpaired) electrons. The van der Waals surface area contributed by atoms with Crippen molar-refractivity contribution < 1.29 is 9.53 Å². The zero-order chi connectivity index (χ0) is 13.8. The second-order valence-electron chi connectivity index (χ2n) is 5.30. The van der Waals surface area contributed by atoms with Crippen LogP contribution in [0.3, 0.4) is 0 Å². The van der Waals surface area contributed by atoms with Crippen LogP contribution in [0.5, 0.6) is 0 Å². The molecule has 2 unspecified atom stereocenters. The van der Waals surface area contributed by atoms with Gasteiger partial charge in [-0.3, -0.25) is 4.79 Å². The number of methoxy groups -OCH3 is 1. The van der Waals surface area contributed by atoms with E-state index in [2.05, 4.69) is 40.8 Å². The van der Waals surface area contributed by atoms with Crippen LogP contribution in [0, 0.1) is 5.92 Å². The highest BCUT2D eigenvalue weighted by Gasteiger charge is 2.22. The monoisotopic (exact) mass is 262 g/mol. The Bertz CT molecular complexity index is 448. The van der Waals surface area contributed by atoms with E-state index >= 15 is 0 Å². The normalized spacial score (nSPS) is 19.7. The molecule has 2 atom stereocenters. The van der Waals surface area contributed by atoms with Crippen molar-refractivity contribution in [1.29, 1.82) is 0 Å². The summed E-state index contributed by atoms with van der Waals surface area (Å²) in [5.74, 6) is 0.294. The molecule has 0 amide bonds. The molecule has 0 spiro atoms. The van der Waals surface area contributed by atoms with Crippen LogP contribution in [-0.2, 0) is 16.0 Å². The number of nitrogens with two attached hydrogens (primary N) is 1. The maximum absolute atomic E-state index is 11.3. The van der Waals surface area contributed by atoms with E-state index in [4.69, 9.17) is 5.73 Å². The van der Waals surface area contributed by atoms with Crippen molar-refractivity contribution in [3.05, 3.63) is 29.8 Å². The van der Waals surface area contributed by atoms with Crippen molar-refractivity contribution in [2.24, 2.45) is 11.7 Å². The molecule has 0 bridgehead atoms. The number of anilines is 1. The molecule has 1 aliphatic rings. The Morgan fingerprint density at radius 2 is 2.26 bits per heavy atom. The molecule has 2 N–H and O–H groups in total. The summed E-state index contributed by atoms with van der Waals surface area (Å²) >= 11 is 0. The number of ether oxygens (including phenoxy) is 1. The number of hydrogen-bond donors (Lipinski definition) is 1. The zero-order valence-electron chi connectivity index (χ0n) is 11.6. The standard InChI is InChI=1S/C15H22N2O2/c1-11-9-12-5-3-4-6-14(12)17(10-11)8-7-13(16)15(18)19-2/h3-6,11,13H,7-10,16H2,1-2H3. The van der Waals surface area contributed by atoms with Gasteiger partial charge in [0.2, 0.25) is 0 Å². The van der Waals surface area contributed by atoms with Crippen LogP contribution >= 0.6 is 0 Å². The molecule has 4 heteroatoms. The van der Waals surface area contributed by atoms with Gasteiger partial charge in [0, 0.05) is 18.8 Å². The number of carbonyl (C=O) groups is 1. The molecule has 1 heterocycles. The van der Waals surface area contributed by atoms with Gasteiger partial charge >= 0.3 is 5.97 Å². The quantitative estimate of drug-likeness (QED) is 0.837. The van der Waals surface area contributed by atoms with E-state index in [9.17, 15) is 4.79 Å². The highest BCUT2D eigenvalue weighted by atomic mass is 16.5. The maximum Gasteiger partial charge on any atom is 0.322 e. The van der Waals surface area contributed by atoms with Gasteiger partial charge in [-0.25, -0.2) is 0 Å². The Morgan fingerprint density at radius 1 is 1.53 bits per heavy atom. The fourth-order valence-electron chi connectivity index (χ4n) is 2.68. The van der Waals surface area contributed by atoms with E-state index < -0.39 is 6.04 Å². The number of esters is 1. The van der Waals surface area contributed by atoms with Gasteiger partial charge in [-0.15, -0.1) is 0 Å². The second kappa shape index (κ2) is 6.06. The minimum atomic E-state index is -0.533. The summed E-state index contributed by atoms with van der Waals surface area (Å²) in [6, 6.07) is 7.93. The predicted molar refractivity (Wildman–Crippen MR) is 76.1 cm³/mol. The minimum Gasteiger partial charge on any atom is -0.468 e. The van der Waals surface area contributed by atoms with Crippen molar-refractivity contribution in [1.82, 2.24) is 0 Å². The van der Waals surface area contributed by atoms with Crippen LogP contribution in [-0.4, -0.2) is 32.2 Å². The molecule has 0 saturated carbocycles. The zero-order valence-corrected chi connectivity index (χ0v) is 11.6. The molecule has 4 nitrogen and oxygen atoms in total.